The van der Waals surface area contributed by atoms with Crippen molar-refractivity contribution in [2.75, 3.05) is 31.9 Å². The molecule has 126 valence electrons. The fourth-order valence-electron chi connectivity index (χ4n) is 3.80. The molecule has 2 bridgehead atoms. The molecule has 5 nitrogen and oxygen atoms in total. The number of carbonyl (C=O) groups excluding carboxylic acids is 1. The van der Waals surface area contributed by atoms with E-state index in [1.165, 1.54) is 0 Å². The largest absolute Gasteiger partial charge is 0.451 e. The molecule has 1 amide bonds. The average molecular weight is 325 g/mol. The molecule has 4 heterocycles. The fourth-order valence-corrected chi connectivity index (χ4v) is 3.80. The van der Waals surface area contributed by atoms with Crippen molar-refractivity contribution >= 4 is 11.6 Å². The molecule has 24 heavy (non-hydrogen) atoms. The smallest absolute Gasteiger partial charge is 0.289 e. The van der Waals surface area contributed by atoms with Crippen LogP contribution in [-0.2, 0) is 0 Å². The first-order valence-electron chi connectivity index (χ1n) is 8.61. The normalized spacial score (nSPS) is 23.3. The Kier molecular flexibility index (Phi) is 3.81. The number of carbonyl (C=O) groups is 1. The van der Waals surface area contributed by atoms with Crippen LogP contribution in [0.5, 0.6) is 0 Å². The number of aryl methyl sites for hydroxylation is 1. The standard InChI is InChI=1S/C19H23N3O2/c1-13-2-3-15(16(20)12-13)17-4-5-18(24-17)19(23)22-11-10-21-8-6-14(22)7-9-21/h2-5,12,14H,6-11,20H2,1H3. The minimum absolute atomic E-state index is 0.000633. The van der Waals surface area contributed by atoms with Gasteiger partial charge in [0.15, 0.2) is 5.76 Å². The maximum atomic E-state index is 12.9. The van der Waals surface area contributed by atoms with Gasteiger partial charge in [0.05, 0.1) is 0 Å². The Labute approximate surface area is 142 Å². The number of furan rings is 1. The summed E-state index contributed by atoms with van der Waals surface area (Å²) in [7, 11) is 0. The van der Waals surface area contributed by atoms with Crippen molar-refractivity contribution in [1.82, 2.24) is 9.80 Å². The highest BCUT2D eigenvalue weighted by Gasteiger charge is 2.33. The number of nitrogens with two attached hydrogens (primary N) is 1. The van der Waals surface area contributed by atoms with E-state index in [2.05, 4.69) is 4.90 Å². The van der Waals surface area contributed by atoms with Crippen molar-refractivity contribution < 1.29 is 9.21 Å². The summed E-state index contributed by atoms with van der Waals surface area (Å²) >= 11 is 0. The number of rotatable bonds is 2. The van der Waals surface area contributed by atoms with Crippen LogP contribution in [0.1, 0.15) is 29.0 Å². The van der Waals surface area contributed by atoms with E-state index in [4.69, 9.17) is 10.2 Å². The number of nitrogen functional groups attached to an aromatic ring is 1. The van der Waals surface area contributed by atoms with Crippen LogP contribution in [0.2, 0.25) is 0 Å². The van der Waals surface area contributed by atoms with Gasteiger partial charge >= 0.3 is 0 Å². The fraction of sp³-hybridized carbons (Fsp3) is 0.421. The zero-order valence-electron chi connectivity index (χ0n) is 14.0. The predicted octanol–water partition coefficient (Wildman–Crippen LogP) is 2.76. The number of amides is 1. The Morgan fingerprint density at radius 3 is 2.67 bits per heavy atom. The molecule has 0 saturated carbocycles. The minimum atomic E-state index is 0.000633. The monoisotopic (exact) mass is 325 g/mol. The van der Waals surface area contributed by atoms with Crippen molar-refractivity contribution in [1.29, 1.82) is 0 Å². The third kappa shape index (κ3) is 2.69. The van der Waals surface area contributed by atoms with Crippen LogP contribution in [-0.4, -0.2) is 47.9 Å². The molecule has 0 aliphatic carbocycles. The summed E-state index contributed by atoms with van der Waals surface area (Å²) in [5, 5.41) is 0. The van der Waals surface area contributed by atoms with Gasteiger partial charge in [0.2, 0.25) is 0 Å². The first-order valence-corrected chi connectivity index (χ1v) is 8.61. The molecule has 5 heteroatoms. The molecule has 2 aromatic rings. The van der Waals surface area contributed by atoms with Crippen LogP contribution in [0, 0.1) is 6.92 Å². The van der Waals surface area contributed by atoms with Crippen LogP contribution in [0.4, 0.5) is 5.69 Å². The zero-order chi connectivity index (χ0) is 16.7. The highest BCUT2D eigenvalue weighted by Crippen LogP contribution is 2.30. The van der Waals surface area contributed by atoms with E-state index >= 15 is 0 Å². The number of benzene rings is 1. The van der Waals surface area contributed by atoms with Gasteiger partial charge in [-0.3, -0.25) is 4.79 Å². The Hall–Kier alpha value is -2.27. The molecule has 0 atom stereocenters. The van der Waals surface area contributed by atoms with Crippen molar-refractivity contribution in [3.63, 3.8) is 0 Å². The number of fused-ring (bicyclic) bond motifs is 4. The summed E-state index contributed by atoms with van der Waals surface area (Å²) in [4.78, 5) is 17.3. The lowest BCUT2D eigenvalue weighted by Crippen LogP contribution is -2.41. The lowest BCUT2D eigenvalue weighted by molar-refractivity contribution is 0.0653. The molecule has 3 fully saturated rings. The molecular formula is C19H23N3O2. The molecule has 0 unspecified atom stereocenters. The van der Waals surface area contributed by atoms with Crippen molar-refractivity contribution in [2.45, 2.75) is 25.8 Å². The Morgan fingerprint density at radius 1 is 1.12 bits per heavy atom. The van der Waals surface area contributed by atoms with E-state index in [9.17, 15) is 4.79 Å². The summed E-state index contributed by atoms with van der Waals surface area (Å²) in [5.74, 6) is 1.06. The quantitative estimate of drug-likeness (QED) is 0.863. The van der Waals surface area contributed by atoms with Crippen molar-refractivity contribution in [3.8, 4) is 11.3 Å². The zero-order valence-corrected chi connectivity index (χ0v) is 14.0. The van der Waals surface area contributed by atoms with Crippen LogP contribution >= 0.6 is 0 Å². The maximum absolute atomic E-state index is 12.9. The molecule has 5 rings (SSSR count). The first kappa shape index (κ1) is 15.3. The summed E-state index contributed by atoms with van der Waals surface area (Å²) in [6.07, 6.45) is 2.12. The van der Waals surface area contributed by atoms with E-state index in [0.29, 0.717) is 23.2 Å². The Morgan fingerprint density at radius 2 is 1.92 bits per heavy atom. The van der Waals surface area contributed by atoms with Crippen LogP contribution < -0.4 is 5.73 Å². The summed E-state index contributed by atoms with van der Waals surface area (Å²) in [6.45, 7) is 5.93. The molecule has 3 aliphatic heterocycles. The van der Waals surface area contributed by atoms with Gasteiger partial charge in [-0.15, -0.1) is 0 Å². The average Bonchev–Trinajstić information content (AvgIpc) is 2.86. The minimum Gasteiger partial charge on any atom is -0.451 e. The number of hydrogen-bond acceptors (Lipinski definition) is 4. The topological polar surface area (TPSA) is 62.7 Å². The highest BCUT2D eigenvalue weighted by molar-refractivity contribution is 5.92. The number of nitrogens with zero attached hydrogens (tertiary/aromatic N) is 2. The summed E-state index contributed by atoms with van der Waals surface area (Å²) < 4.78 is 5.87. The predicted molar refractivity (Wildman–Crippen MR) is 93.8 cm³/mol. The Bertz CT molecular complexity index is 760. The molecule has 2 N–H and O–H groups in total. The highest BCUT2D eigenvalue weighted by atomic mass is 16.4. The van der Waals surface area contributed by atoms with Gasteiger partial charge in [0.25, 0.3) is 5.91 Å². The van der Waals surface area contributed by atoms with Gasteiger partial charge in [-0.25, -0.2) is 0 Å². The molecule has 0 radical (unpaired) electrons. The molecule has 3 aliphatic rings. The molecule has 1 aromatic heterocycles. The van der Waals surface area contributed by atoms with Crippen molar-refractivity contribution in [3.05, 3.63) is 41.7 Å². The summed E-state index contributed by atoms with van der Waals surface area (Å²) in [5.41, 5.74) is 8.70. The van der Waals surface area contributed by atoms with E-state index in [1.807, 2.05) is 36.1 Å². The van der Waals surface area contributed by atoms with E-state index in [1.54, 1.807) is 6.07 Å². The van der Waals surface area contributed by atoms with Gasteiger partial charge in [0, 0.05) is 43.5 Å². The number of anilines is 1. The second kappa shape index (κ2) is 5.98. The van der Waals surface area contributed by atoms with Gasteiger partial charge in [-0.2, -0.15) is 0 Å². The third-order valence-corrected chi connectivity index (χ3v) is 5.21. The van der Waals surface area contributed by atoms with Crippen LogP contribution in [0.3, 0.4) is 0 Å². The molecular weight excluding hydrogens is 302 g/mol. The van der Waals surface area contributed by atoms with Gasteiger partial charge in [-0.05, 0) is 49.6 Å². The molecule has 3 saturated heterocycles. The number of hydrogen-bond donors (Lipinski definition) is 1. The Balaban J connectivity index is 1.59. The van der Waals surface area contributed by atoms with Gasteiger partial charge < -0.3 is 20.0 Å². The third-order valence-electron chi connectivity index (χ3n) is 5.21. The second-order valence-electron chi connectivity index (χ2n) is 6.83. The van der Waals surface area contributed by atoms with Gasteiger partial charge in [-0.1, -0.05) is 6.07 Å². The van der Waals surface area contributed by atoms with Gasteiger partial charge in [0.1, 0.15) is 5.76 Å². The van der Waals surface area contributed by atoms with Crippen molar-refractivity contribution in [2.24, 2.45) is 0 Å². The SMILES string of the molecule is Cc1ccc(-c2ccc(C(=O)N3CCN4CCC3CC4)o2)c(N)c1. The van der Waals surface area contributed by atoms with Crippen LogP contribution in [0.15, 0.2) is 34.7 Å². The van der Waals surface area contributed by atoms with E-state index < -0.39 is 0 Å². The molecule has 0 spiro atoms. The lowest BCUT2D eigenvalue weighted by Gasteiger charge is -2.30. The second-order valence-corrected chi connectivity index (χ2v) is 6.83. The van der Waals surface area contributed by atoms with E-state index in [0.717, 1.165) is 50.1 Å². The number of piperidine rings is 1. The summed E-state index contributed by atoms with van der Waals surface area (Å²) in [6, 6.07) is 9.81. The lowest BCUT2D eigenvalue weighted by atomic mass is 10.1. The van der Waals surface area contributed by atoms with Crippen LogP contribution in [0.25, 0.3) is 11.3 Å². The maximum Gasteiger partial charge on any atom is 0.289 e. The van der Waals surface area contributed by atoms with E-state index in [-0.39, 0.29) is 5.91 Å². The molecule has 1 aromatic carbocycles. The first-order chi connectivity index (χ1) is 11.6.